The van der Waals surface area contributed by atoms with Gasteiger partial charge in [0.25, 0.3) is 0 Å². The van der Waals surface area contributed by atoms with Crippen molar-refractivity contribution in [3.05, 3.63) is 53.3 Å². The smallest absolute Gasteiger partial charge is 0.0406 e. The van der Waals surface area contributed by atoms with Gasteiger partial charge in [-0.05, 0) is 29.3 Å². The maximum absolute atomic E-state index is 5.82. The van der Waals surface area contributed by atoms with E-state index < -0.39 is 0 Å². The Bertz CT molecular complexity index is 458. The highest BCUT2D eigenvalue weighted by Gasteiger charge is 1.99. The molecule has 0 aliphatic heterocycles. The van der Waals surface area contributed by atoms with Crippen molar-refractivity contribution in [2.75, 3.05) is 0 Å². The number of nitrogens with two attached hydrogens (primary N) is 1. The van der Waals surface area contributed by atoms with Gasteiger partial charge in [0.1, 0.15) is 0 Å². The van der Waals surface area contributed by atoms with E-state index in [1.165, 1.54) is 0 Å². The van der Waals surface area contributed by atoms with Gasteiger partial charge in [0, 0.05) is 29.5 Å². The van der Waals surface area contributed by atoms with Gasteiger partial charge in [-0.2, -0.15) is 0 Å². The predicted molar refractivity (Wildman–Crippen MR) is 77.1 cm³/mol. The number of halogens is 3. The third kappa shape index (κ3) is 4.17. The van der Waals surface area contributed by atoms with Crippen molar-refractivity contribution in [3.63, 3.8) is 0 Å². The van der Waals surface area contributed by atoms with Crippen LogP contribution in [0.2, 0.25) is 5.02 Å². The van der Waals surface area contributed by atoms with E-state index in [1.54, 1.807) is 6.20 Å². The van der Waals surface area contributed by atoms with Crippen molar-refractivity contribution in [2.24, 2.45) is 5.73 Å². The molecule has 92 valence electrons. The van der Waals surface area contributed by atoms with Crippen LogP contribution in [0.15, 0.2) is 42.7 Å². The van der Waals surface area contributed by atoms with Crippen LogP contribution in [0.3, 0.4) is 0 Å². The molecule has 2 rings (SSSR count). The summed E-state index contributed by atoms with van der Waals surface area (Å²) in [5.41, 5.74) is 8.75. The summed E-state index contributed by atoms with van der Waals surface area (Å²) < 4.78 is 0. The zero-order chi connectivity index (χ0) is 10.7. The van der Waals surface area contributed by atoms with Gasteiger partial charge < -0.3 is 5.73 Å². The van der Waals surface area contributed by atoms with Gasteiger partial charge >= 0.3 is 0 Å². The fraction of sp³-hybridized carbons (Fsp3) is 0.0833. The largest absolute Gasteiger partial charge is 0.326 e. The van der Waals surface area contributed by atoms with Gasteiger partial charge in [0.2, 0.25) is 0 Å². The Balaban J connectivity index is 0.00000128. The summed E-state index contributed by atoms with van der Waals surface area (Å²) in [5.74, 6) is 0. The van der Waals surface area contributed by atoms with Crippen LogP contribution < -0.4 is 5.73 Å². The molecular weight excluding hydrogens is 279 g/mol. The Morgan fingerprint density at radius 3 is 2.24 bits per heavy atom. The first-order valence-electron chi connectivity index (χ1n) is 4.69. The number of rotatable bonds is 2. The average Bonchev–Trinajstić information content (AvgIpc) is 2.30. The molecule has 0 unspecified atom stereocenters. The molecular formula is C12H13Cl3N2. The molecule has 0 bridgehead atoms. The van der Waals surface area contributed by atoms with Crippen LogP contribution in [0, 0.1) is 0 Å². The molecule has 5 heteroatoms. The molecule has 17 heavy (non-hydrogen) atoms. The minimum Gasteiger partial charge on any atom is -0.326 e. The lowest BCUT2D eigenvalue weighted by Gasteiger charge is -2.03. The van der Waals surface area contributed by atoms with Gasteiger partial charge in [-0.3, -0.25) is 4.98 Å². The zero-order valence-corrected chi connectivity index (χ0v) is 11.4. The summed E-state index contributed by atoms with van der Waals surface area (Å²) in [7, 11) is 0. The first-order chi connectivity index (χ1) is 7.29. The van der Waals surface area contributed by atoms with Gasteiger partial charge in [-0.25, -0.2) is 0 Å². The van der Waals surface area contributed by atoms with E-state index in [2.05, 4.69) is 4.98 Å². The number of pyridine rings is 1. The maximum atomic E-state index is 5.82. The highest BCUT2D eigenvalue weighted by molar-refractivity contribution is 6.30. The Morgan fingerprint density at radius 2 is 1.65 bits per heavy atom. The second-order valence-electron chi connectivity index (χ2n) is 3.29. The second kappa shape index (κ2) is 7.51. The molecule has 0 aliphatic carbocycles. The number of nitrogens with zero attached hydrogens (tertiary/aromatic N) is 1. The van der Waals surface area contributed by atoms with Crippen molar-refractivity contribution in [2.45, 2.75) is 6.54 Å². The van der Waals surface area contributed by atoms with E-state index in [1.807, 2.05) is 36.5 Å². The molecule has 0 spiro atoms. The maximum Gasteiger partial charge on any atom is 0.0406 e. The molecule has 0 saturated carbocycles. The number of aromatic nitrogens is 1. The molecule has 2 N–H and O–H groups in total. The molecule has 2 nitrogen and oxygen atoms in total. The first kappa shape index (κ1) is 16.2. The van der Waals surface area contributed by atoms with Gasteiger partial charge in [-0.1, -0.05) is 23.7 Å². The Hall–Kier alpha value is -0.800. The lowest BCUT2D eigenvalue weighted by molar-refractivity contribution is 1.05. The molecule has 0 radical (unpaired) electrons. The van der Waals surface area contributed by atoms with E-state index in [0.29, 0.717) is 6.54 Å². The quantitative estimate of drug-likeness (QED) is 0.916. The topological polar surface area (TPSA) is 38.9 Å². The Morgan fingerprint density at radius 1 is 1.00 bits per heavy atom. The summed E-state index contributed by atoms with van der Waals surface area (Å²) in [6, 6.07) is 9.72. The number of hydrogen-bond acceptors (Lipinski definition) is 2. The minimum atomic E-state index is 0. The molecule has 0 saturated heterocycles. The van der Waals surface area contributed by atoms with E-state index in [-0.39, 0.29) is 24.8 Å². The predicted octanol–water partition coefficient (Wildman–Crippen LogP) is 3.70. The standard InChI is InChI=1S/C12H11ClN2.2ClH/c13-12-3-1-10(2-4-12)11-5-9(6-14)7-15-8-11;;/h1-5,7-8H,6,14H2;2*1H. The molecule has 2 aromatic rings. The summed E-state index contributed by atoms with van der Waals surface area (Å²) in [6.07, 6.45) is 3.60. The molecule has 1 heterocycles. The number of benzene rings is 1. The van der Waals surface area contributed by atoms with Crippen molar-refractivity contribution in [1.82, 2.24) is 4.98 Å². The van der Waals surface area contributed by atoms with Crippen LogP contribution in [-0.4, -0.2) is 4.98 Å². The lowest BCUT2D eigenvalue weighted by Crippen LogP contribution is -1.96. The minimum absolute atomic E-state index is 0. The monoisotopic (exact) mass is 290 g/mol. The van der Waals surface area contributed by atoms with Gasteiger partial charge in [-0.15, -0.1) is 24.8 Å². The van der Waals surface area contributed by atoms with E-state index in [0.717, 1.165) is 21.7 Å². The summed E-state index contributed by atoms with van der Waals surface area (Å²) in [4.78, 5) is 4.14. The normalized spacial score (nSPS) is 9.06. The molecule has 0 aliphatic rings. The molecule has 0 fully saturated rings. The fourth-order valence-corrected chi connectivity index (χ4v) is 1.53. The van der Waals surface area contributed by atoms with Gasteiger partial charge in [0.15, 0.2) is 0 Å². The van der Waals surface area contributed by atoms with Crippen LogP contribution in [0.25, 0.3) is 11.1 Å². The molecule has 1 aromatic heterocycles. The van der Waals surface area contributed by atoms with Crippen LogP contribution in [-0.2, 0) is 6.54 Å². The third-order valence-electron chi connectivity index (χ3n) is 2.21. The summed E-state index contributed by atoms with van der Waals surface area (Å²) in [6.45, 7) is 0.508. The second-order valence-corrected chi connectivity index (χ2v) is 3.73. The number of hydrogen-bond donors (Lipinski definition) is 1. The van der Waals surface area contributed by atoms with Crippen molar-refractivity contribution >= 4 is 36.4 Å². The molecule has 1 aromatic carbocycles. The lowest BCUT2D eigenvalue weighted by atomic mass is 10.1. The zero-order valence-electron chi connectivity index (χ0n) is 8.97. The summed E-state index contributed by atoms with van der Waals surface area (Å²) in [5, 5.41) is 0.738. The highest BCUT2D eigenvalue weighted by atomic mass is 35.5. The van der Waals surface area contributed by atoms with Crippen molar-refractivity contribution in [1.29, 1.82) is 0 Å². The van der Waals surface area contributed by atoms with Crippen LogP contribution in [0.4, 0.5) is 0 Å². The van der Waals surface area contributed by atoms with E-state index >= 15 is 0 Å². The summed E-state index contributed by atoms with van der Waals surface area (Å²) >= 11 is 5.82. The van der Waals surface area contributed by atoms with Crippen molar-refractivity contribution < 1.29 is 0 Å². The van der Waals surface area contributed by atoms with E-state index in [9.17, 15) is 0 Å². The van der Waals surface area contributed by atoms with E-state index in [4.69, 9.17) is 17.3 Å². The van der Waals surface area contributed by atoms with Crippen molar-refractivity contribution in [3.8, 4) is 11.1 Å². The Labute approximate surface area is 118 Å². The average molecular weight is 292 g/mol. The SMILES string of the molecule is Cl.Cl.NCc1cncc(-c2ccc(Cl)cc2)c1. The highest BCUT2D eigenvalue weighted by Crippen LogP contribution is 2.21. The fourth-order valence-electron chi connectivity index (χ4n) is 1.40. The Kier molecular flexibility index (Phi) is 7.16. The third-order valence-corrected chi connectivity index (χ3v) is 2.46. The van der Waals surface area contributed by atoms with Gasteiger partial charge in [0.05, 0.1) is 0 Å². The van der Waals surface area contributed by atoms with Crippen LogP contribution in [0.5, 0.6) is 0 Å². The molecule has 0 amide bonds. The van der Waals surface area contributed by atoms with Crippen LogP contribution in [0.1, 0.15) is 5.56 Å². The molecule has 0 atom stereocenters. The first-order valence-corrected chi connectivity index (χ1v) is 5.07. The van der Waals surface area contributed by atoms with Crippen LogP contribution >= 0.6 is 36.4 Å².